The fourth-order valence-corrected chi connectivity index (χ4v) is 2.69. The largest absolute Gasteiger partial charge is 0.352 e. The summed E-state index contributed by atoms with van der Waals surface area (Å²) >= 11 is 1.38. The van der Waals surface area contributed by atoms with E-state index in [1.54, 1.807) is 0 Å². The Morgan fingerprint density at radius 2 is 2.25 bits per heavy atom. The quantitative estimate of drug-likeness (QED) is 0.766. The van der Waals surface area contributed by atoms with E-state index in [4.69, 9.17) is 5.26 Å². The molecule has 1 fully saturated rings. The molecule has 3 atom stereocenters. The van der Waals surface area contributed by atoms with E-state index in [1.807, 2.05) is 6.07 Å². The van der Waals surface area contributed by atoms with Gasteiger partial charge in [-0.2, -0.15) is 5.26 Å². The lowest BCUT2D eigenvalue weighted by Gasteiger charge is -2.34. The van der Waals surface area contributed by atoms with Crippen LogP contribution < -0.4 is 5.32 Å². The third-order valence-electron chi connectivity index (χ3n) is 3.45. The number of rotatable bonds is 4. The van der Waals surface area contributed by atoms with Crippen LogP contribution in [-0.2, 0) is 4.79 Å². The number of carbonyl (C=O) groups excluding carboxylic acids is 1. The first-order valence-electron chi connectivity index (χ1n) is 5.89. The molecule has 3 nitrogen and oxygen atoms in total. The first kappa shape index (κ1) is 13.4. The highest BCUT2D eigenvalue weighted by Crippen LogP contribution is 2.29. The SMILES string of the molecule is C[C@@H]1[C@H](C)CCC[C@@H]1NC(=O)CSCC#N. The molecule has 90 valence electrons. The van der Waals surface area contributed by atoms with Crippen molar-refractivity contribution in [3.63, 3.8) is 0 Å². The van der Waals surface area contributed by atoms with Gasteiger partial charge in [-0.25, -0.2) is 0 Å². The average Bonchev–Trinajstić information content (AvgIpc) is 2.25. The predicted octanol–water partition coefficient (Wildman–Crippen LogP) is 2.18. The highest BCUT2D eigenvalue weighted by Gasteiger charge is 2.27. The molecule has 1 rings (SSSR count). The summed E-state index contributed by atoms with van der Waals surface area (Å²) < 4.78 is 0. The van der Waals surface area contributed by atoms with Gasteiger partial charge in [0.1, 0.15) is 0 Å². The lowest BCUT2D eigenvalue weighted by molar-refractivity contribution is -0.119. The summed E-state index contributed by atoms with van der Waals surface area (Å²) in [6.45, 7) is 4.48. The minimum Gasteiger partial charge on any atom is -0.352 e. The van der Waals surface area contributed by atoms with Crippen LogP contribution >= 0.6 is 11.8 Å². The second-order valence-corrected chi connectivity index (χ2v) is 5.58. The minimum atomic E-state index is 0.0752. The molecule has 16 heavy (non-hydrogen) atoms. The molecule has 0 aromatic carbocycles. The van der Waals surface area contributed by atoms with E-state index in [-0.39, 0.29) is 5.91 Å². The fourth-order valence-electron chi connectivity index (χ4n) is 2.22. The third kappa shape index (κ3) is 4.05. The van der Waals surface area contributed by atoms with E-state index < -0.39 is 0 Å². The maximum atomic E-state index is 11.6. The summed E-state index contributed by atoms with van der Waals surface area (Å²) in [6, 6.07) is 2.36. The van der Waals surface area contributed by atoms with Gasteiger partial charge < -0.3 is 5.32 Å². The number of thioether (sulfide) groups is 1. The molecule has 1 N–H and O–H groups in total. The van der Waals surface area contributed by atoms with Gasteiger partial charge >= 0.3 is 0 Å². The zero-order valence-electron chi connectivity index (χ0n) is 10.0. The molecule has 1 amide bonds. The highest BCUT2D eigenvalue weighted by molar-refractivity contribution is 8.00. The van der Waals surface area contributed by atoms with Crippen LogP contribution in [0.15, 0.2) is 0 Å². The Bertz CT molecular complexity index is 275. The molecule has 0 spiro atoms. The molecule has 0 unspecified atom stereocenters. The molecular weight excluding hydrogens is 220 g/mol. The maximum absolute atomic E-state index is 11.6. The summed E-state index contributed by atoms with van der Waals surface area (Å²) in [5.41, 5.74) is 0. The topological polar surface area (TPSA) is 52.9 Å². The van der Waals surface area contributed by atoms with Crippen LogP contribution in [0.2, 0.25) is 0 Å². The standard InChI is InChI=1S/C12H20N2OS/c1-9-4-3-5-11(10(9)2)14-12(15)8-16-7-6-13/h9-11H,3-5,7-8H2,1-2H3,(H,14,15)/t9-,10-,11+/m1/s1. The molecule has 0 aromatic heterocycles. The summed E-state index contributed by atoms with van der Waals surface area (Å²) in [5, 5.41) is 11.5. The molecule has 4 heteroatoms. The molecule has 0 aromatic rings. The number of nitrogens with one attached hydrogen (secondary N) is 1. The molecule has 1 aliphatic rings. The van der Waals surface area contributed by atoms with E-state index in [0.717, 1.165) is 6.42 Å². The second-order valence-electron chi connectivity index (χ2n) is 4.59. The van der Waals surface area contributed by atoms with Crippen LogP contribution in [0.4, 0.5) is 0 Å². The van der Waals surface area contributed by atoms with Crippen LogP contribution in [0.1, 0.15) is 33.1 Å². The lowest BCUT2D eigenvalue weighted by atomic mass is 9.78. The number of nitrogens with zero attached hydrogens (tertiary/aromatic N) is 1. The van der Waals surface area contributed by atoms with Crippen molar-refractivity contribution in [1.29, 1.82) is 5.26 Å². The smallest absolute Gasteiger partial charge is 0.230 e. The van der Waals surface area contributed by atoms with Gasteiger partial charge in [0.05, 0.1) is 17.6 Å². The van der Waals surface area contributed by atoms with Crippen LogP contribution in [0.3, 0.4) is 0 Å². The summed E-state index contributed by atoms with van der Waals surface area (Å²) in [5.74, 6) is 2.14. The van der Waals surface area contributed by atoms with Gasteiger partial charge in [0.2, 0.25) is 5.91 Å². The lowest BCUT2D eigenvalue weighted by Crippen LogP contribution is -2.44. The third-order valence-corrected chi connectivity index (χ3v) is 4.25. The van der Waals surface area contributed by atoms with Crippen molar-refractivity contribution in [2.45, 2.75) is 39.2 Å². The fraction of sp³-hybridized carbons (Fsp3) is 0.833. The Balaban J connectivity index is 2.30. The van der Waals surface area contributed by atoms with E-state index >= 15 is 0 Å². The summed E-state index contributed by atoms with van der Waals surface area (Å²) in [4.78, 5) is 11.6. The number of carbonyl (C=O) groups is 1. The molecule has 1 saturated carbocycles. The van der Waals surface area contributed by atoms with Crippen molar-refractivity contribution in [2.75, 3.05) is 11.5 Å². The predicted molar refractivity (Wildman–Crippen MR) is 67.0 cm³/mol. The van der Waals surface area contributed by atoms with Gasteiger partial charge in [0, 0.05) is 6.04 Å². The Kier molecular flexibility index (Phi) is 5.68. The number of amides is 1. The Labute approximate surface area is 102 Å². The Morgan fingerprint density at radius 3 is 2.94 bits per heavy atom. The van der Waals surface area contributed by atoms with Gasteiger partial charge in [-0.1, -0.05) is 26.7 Å². The Morgan fingerprint density at radius 1 is 1.50 bits per heavy atom. The summed E-state index contributed by atoms with van der Waals surface area (Å²) in [7, 11) is 0. The van der Waals surface area contributed by atoms with Crippen LogP contribution in [0.25, 0.3) is 0 Å². The average molecular weight is 240 g/mol. The monoisotopic (exact) mass is 240 g/mol. The molecule has 0 radical (unpaired) electrons. The first-order chi connectivity index (χ1) is 7.65. The molecule has 0 aliphatic heterocycles. The van der Waals surface area contributed by atoms with E-state index in [0.29, 0.717) is 29.4 Å². The zero-order valence-corrected chi connectivity index (χ0v) is 10.8. The Hall–Kier alpha value is -0.690. The zero-order chi connectivity index (χ0) is 12.0. The number of nitriles is 1. The van der Waals surface area contributed by atoms with Crippen molar-refractivity contribution in [2.24, 2.45) is 11.8 Å². The van der Waals surface area contributed by atoms with Gasteiger partial charge in [-0.3, -0.25) is 4.79 Å². The van der Waals surface area contributed by atoms with Crippen molar-refractivity contribution in [1.82, 2.24) is 5.32 Å². The second kappa shape index (κ2) is 6.80. The van der Waals surface area contributed by atoms with Crippen molar-refractivity contribution >= 4 is 17.7 Å². The van der Waals surface area contributed by atoms with E-state index in [1.165, 1.54) is 24.6 Å². The van der Waals surface area contributed by atoms with Crippen LogP contribution in [-0.4, -0.2) is 23.5 Å². The number of hydrogen-bond acceptors (Lipinski definition) is 3. The van der Waals surface area contributed by atoms with Gasteiger partial charge in [-0.15, -0.1) is 11.8 Å². The van der Waals surface area contributed by atoms with E-state index in [2.05, 4.69) is 19.2 Å². The number of hydrogen-bond donors (Lipinski definition) is 1. The van der Waals surface area contributed by atoms with Crippen molar-refractivity contribution in [3.8, 4) is 6.07 Å². The highest BCUT2D eigenvalue weighted by atomic mass is 32.2. The van der Waals surface area contributed by atoms with Crippen molar-refractivity contribution in [3.05, 3.63) is 0 Å². The van der Waals surface area contributed by atoms with Crippen LogP contribution in [0.5, 0.6) is 0 Å². The molecular formula is C12H20N2OS. The molecule has 1 aliphatic carbocycles. The normalized spacial score (nSPS) is 29.4. The first-order valence-corrected chi connectivity index (χ1v) is 7.04. The van der Waals surface area contributed by atoms with Crippen molar-refractivity contribution < 1.29 is 4.79 Å². The van der Waals surface area contributed by atoms with Gasteiger partial charge in [0.25, 0.3) is 0 Å². The maximum Gasteiger partial charge on any atom is 0.230 e. The molecule has 0 bridgehead atoms. The summed E-state index contributed by atoms with van der Waals surface area (Å²) in [6.07, 6.45) is 3.58. The minimum absolute atomic E-state index is 0.0752. The molecule has 0 heterocycles. The molecule has 0 saturated heterocycles. The van der Waals surface area contributed by atoms with Gasteiger partial charge in [0.15, 0.2) is 0 Å². The van der Waals surface area contributed by atoms with Crippen LogP contribution in [0, 0.1) is 23.2 Å². The van der Waals surface area contributed by atoms with E-state index in [9.17, 15) is 4.79 Å². The van der Waals surface area contributed by atoms with Gasteiger partial charge in [-0.05, 0) is 18.3 Å².